The predicted molar refractivity (Wildman–Crippen MR) is 170 cm³/mol. The number of halogens is 1. The van der Waals surface area contributed by atoms with E-state index in [-0.39, 0.29) is 35.4 Å². The molecule has 7 nitrogen and oxygen atoms in total. The summed E-state index contributed by atoms with van der Waals surface area (Å²) in [5.74, 6) is -0.747. The van der Waals surface area contributed by atoms with Crippen LogP contribution in [0.5, 0.6) is 11.5 Å². The molecule has 1 N–H and O–H groups in total. The molecular formula is C36H42ClNO6. The van der Waals surface area contributed by atoms with Crippen molar-refractivity contribution >= 4 is 29.1 Å². The van der Waals surface area contributed by atoms with Crippen LogP contribution in [0.3, 0.4) is 0 Å². The Balaban J connectivity index is 1.67. The van der Waals surface area contributed by atoms with Gasteiger partial charge in [-0.3, -0.25) is 14.4 Å². The van der Waals surface area contributed by atoms with Crippen LogP contribution < -0.4 is 9.47 Å². The van der Waals surface area contributed by atoms with E-state index in [1.165, 1.54) is 0 Å². The Kier molecular flexibility index (Phi) is 8.74. The molecule has 0 saturated carbocycles. The first-order valence-electron chi connectivity index (χ1n) is 15.4. The zero-order valence-electron chi connectivity index (χ0n) is 26.5. The monoisotopic (exact) mass is 619 g/mol. The van der Waals surface area contributed by atoms with Crippen molar-refractivity contribution in [3.05, 3.63) is 80.7 Å². The third-order valence-electron chi connectivity index (χ3n) is 8.74. The van der Waals surface area contributed by atoms with Crippen molar-refractivity contribution in [1.82, 2.24) is 4.90 Å². The summed E-state index contributed by atoms with van der Waals surface area (Å²) in [7, 11) is 0. The highest BCUT2D eigenvalue weighted by molar-refractivity contribution is 6.32. The van der Waals surface area contributed by atoms with Gasteiger partial charge >= 0.3 is 5.97 Å². The second-order valence-electron chi connectivity index (χ2n) is 13.9. The first-order valence-corrected chi connectivity index (χ1v) is 15.7. The number of hydrogen-bond acceptors (Lipinski definition) is 6. The van der Waals surface area contributed by atoms with Gasteiger partial charge in [0.15, 0.2) is 23.1 Å². The Morgan fingerprint density at radius 1 is 0.932 bits per heavy atom. The fourth-order valence-electron chi connectivity index (χ4n) is 6.86. The van der Waals surface area contributed by atoms with Crippen LogP contribution in [0.2, 0.25) is 5.02 Å². The minimum atomic E-state index is -0.923. The highest BCUT2D eigenvalue weighted by atomic mass is 35.5. The number of aliphatic carboxylic acids is 1. The first-order chi connectivity index (χ1) is 20.7. The summed E-state index contributed by atoms with van der Waals surface area (Å²) in [6.07, 6.45) is 1.76. The normalized spacial score (nSPS) is 19.6. The summed E-state index contributed by atoms with van der Waals surface area (Å²) in [5.41, 5.74) is 4.98. The molecule has 2 aromatic rings. The van der Waals surface area contributed by atoms with Crippen LogP contribution in [0.1, 0.15) is 89.3 Å². The maximum absolute atomic E-state index is 14.0. The van der Waals surface area contributed by atoms with Gasteiger partial charge in [-0.25, -0.2) is 0 Å². The molecule has 8 heteroatoms. The summed E-state index contributed by atoms with van der Waals surface area (Å²) in [5, 5.41) is 9.94. The van der Waals surface area contributed by atoms with Crippen molar-refractivity contribution in [3.63, 3.8) is 0 Å². The van der Waals surface area contributed by atoms with E-state index in [4.69, 9.17) is 21.1 Å². The topological polar surface area (TPSA) is 93.1 Å². The van der Waals surface area contributed by atoms with Gasteiger partial charge in [-0.2, -0.15) is 0 Å². The van der Waals surface area contributed by atoms with E-state index in [0.29, 0.717) is 72.1 Å². The number of allylic oxidation sites excluding steroid dienone is 4. The van der Waals surface area contributed by atoms with Crippen molar-refractivity contribution < 1.29 is 29.0 Å². The second kappa shape index (κ2) is 12.1. The highest BCUT2D eigenvalue weighted by Crippen LogP contribution is 2.55. The van der Waals surface area contributed by atoms with Crippen molar-refractivity contribution in [2.45, 2.75) is 86.2 Å². The predicted octanol–water partition coefficient (Wildman–Crippen LogP) is 7.79. The Hall–Kier alpha value is -3.58. The molecule has 0 aromatic heterocycles. The smallest absolute Gasteiger partial charge is 0.305 e. The van der Waals surface area contributed by atoms with E-state index in [0.717, 1.165) is 22.5 Å². The molecule has 234 valence electrons. The highest BCUT2D eigenvalue weighted by Gasteiger charge is 2.49. The molecular weight excluding hydrogens is 578 g/mol. The third kappa shape index (κ3) is 6.44. The lowest BCUT2D eigenvalue weighted by atomic mass is 9.63. The number of carboxylic acid groups (broad SMARTS) is 1. The lowest BCUT2D eigenvalue weighted by Gasteiger charge is -2.49. The van der Waals surface area contributed by atoms with E-state index in [2.05, 4.69) is 27.7 Å². The van der Waals surface area contributed by atoms with Gasteiger partial charge < -0.3 is 19.5 Å². The molecule has 0 bridgehead atoms. The number of rotatable bonds is 9. The minimum absolute atomic E-state index is 0.0282. The summed E-state index contributed by atoms with van der Waals surface area (Å²) in [6, 6.07) is 11.7. The molecule has 5 rings (SSSR count). The molecule has 44 heavy (non-hydrogen) atoms. The van der Waals surface area contributed by atoms with Crippen molar-refractivity contribution in [2.24, 2.45) is 10.8 Å². The van der Waals surface area contributed by atoms with Crippen molar-refractivity contribution in [2.75, 3.05) is 13.2 Å². The fourth-order valence-corrected chi connectivity index (χ4v) is 7.13. The van der Waals surface area contributed by atoms with Crippen LogP contribution in [0.4, 0.5) is 0 Å². The number of hydrogen-bond donors (Lipinski definition) is 1. The average molecular weight is 620 g/mol. The van der Waals surface area contributed by atoms with Gasteiger partial charge in [-0.1, -0.05) is 69.1 Å². The van der Waals surface area contributed by atoms with Crippen LogP contribution in [-0.4, -0.2) is 40.7 Å². The maximum Gasteiger partial charge on any atom is 0.305 e. The summed E-state index contributed by atoms with van der Waals surface area (Å²) >= 11 is 6.93. The van der Waals surface area contributed by atoms with Gasteiger partial charge in [-0.15, -0.1) is 0 Å². The zero-order valence-corrected chi connectivity index (χ0v) is 27.3. The number of aryl methyl sites for hydroxylation is 1. The summed E-state index contributed by atoms with van der Waals surface area (Å²) in [6.45, 7) is 13.0. The number of Topliss-reactive ketones (excluding diaryl/α,β-unsaturated/α-hetero) is 2. The van der Waals surface area contributed by atoms with Gasteiger partial charge in [0.1, 0.15) is 6.61 Å². The molecule has 0 radical (unpaired) electrons. The van der Waals surface area contributed by atoms with Crippen LogP contribution in [-0.2, 0) is 21.0 Å². The number of ether oxygens (including phenoxy) is 2. The average Bonchev–Trinajstić information content (AvgIpc) is 2.90. The number of carbonyl (C=O) groups is 3. The quantitative estimate of drug-likeness (QED) is 0.306. The molecule has 0 spiro atoms. The SMILES string of the molecule is CCOc1cc(C2C3=C(CC(C)(C)CC3=O)N(CCC(=O)O)C3=C2C(=O)CC(C)(C)C3)cc(Cl)c1OCc1ccc(C)cc1. The van der Waals surface area contributed by atoms with Gasteiger partial charge in [0.2, 0.25) is 0 Å². The fraction of sp³-hybridized carbons (Fsp3) is 0.472. The van der Waals surface area contributed by atoms with E-state index in [1.807, 2.05) is 49.1 Å². The molecule has 0 fully saturated rings. The van der Waals surface area contributed by atoms with Gasteiger partial charge in [-0.05, 0) is 60.8 Å². The summed E-state index contributed by atoms with van der Waals surface area (Å²) in [4.78, 5) is 41.8. The van der Waals surface area contributed by atoms with Crippen LogP contribution in [0, 0.1) is 17.8 Å². The Morgan fingerprint density at radius 3 is 2.02 bits per heavy atom. The summed E-state index contributed by atoms with van der Waals surface area (Å²) < 4.78 is 12.2. The molecule has 0 atom stereocenters. The zero-order chi connectivity index (χ0) is 32.0. The van der Waals surface area contributed by atoms with E-state index in [1.54, 1.807) is 6.07 Å². The van der Waals surface area contributed by atoms with Gasteiger partial charge in [0, 0.05) is 47.8 Å². The van der Waals surface area contributed by atoms with E-state index in [9.17, 15) is 19.5 Å². The Labute approximate surface area is 264 Å². The largest absolute Gasteiger partial charge is 0.490 e. The number of ketones is 2. The molecule has 0 amide bonds. The molecule has 1 heterocycles. The molecule has 2 aliphatic carbocycles. The number of carbonyl (C=O) groups excluding carboxylic acids is 2. The third-order valence-corrected chi connectivity index (χ3v) is 9.02. The van der Waals surface area contributed by atoms with Crippen LogP contribution in [0.25, 0.3) is 0 Å². The number of nitrogens with zero attached hydrogens (tertiary/aromatic N) is 1. The van der Waals surface area contributed by atoms with Crippen molar-refractivity contribution in [1.29, 1.82) is 0 Å². The Bertz CT molecular complexity index is 1510. The number of carboxylic acids is 1. The van der Waals surface area contributed by atoms with Crippen LogP contribution in [0.15, 0.2) is 58.9 Å². The van der Waals surface area contributed by atoms with Crippen LogP contribution >= 0.6 is 11.6 Å². The lowest BCUT2D eigenvalue weighted by Crippen LogP contribution is -2.45. The van der Waals surface area contributed by atoms with Crippen molar-refractivity contribution in [3.8, 4) is 11.5 Å². The number of benzene rings is 2. The minimum Gasteiger partial charge on any atom is -0.490 e. The standard InChI is InChI=1S/C36H42ClNO6/c1-7-43-29-15-23(14-24(37)34(29)44-20-22-10-8-21(2)9-11-22)31-32-25(16-35(3,4)18-27(32)39)38(13-12-30(41)42)26-17-36(5,6)19-28(40)33(26)31/h8-11,14-15,31H,7,12-13,16-20H2,1-6H3,(H,41,42). The first kappa shape index (κ1) is 31.8. The lowest BCUT2D eigenvalue weighted by molar-refractivity contribution is -0.137. The molecule has 1 aliphatic heterocycles. The van der Waals surface area contributed by atoms with E-state index >= 15 is 0 Å². The molecule has 0 unspecified atom stereocenters. The second-order valence-corrected chi connectivity index (χ2v) is 14.3. The molecule has 3 aliphatic rings. The molecule has 0 saturated heterocycles. The maximum atomic E-state index is 14.0. The van der Waals surface area contributed by atoms with Gasteiger partial charge in [0.25, 0.3) is 0 Å². The van der Waals surface area contributed by atoms with Gasteiger partial charge in [0.05, 0.1) is 18.1 Å². The molecule has 2 aromatic carbocycles. The Morgan fingerprint density at radius 2 is 1.50 bits per heavy atom. The van der Waals surface area contributed by atoms with E-state index < -0.39 is 11.9 Å².